The first-order chi connectivity index (χ1) is 17.5. The highest BCUT2D eigenvalue weighted by Gasteiger charge is 2.42. The van der Waals surface area contributed by atoms with Crippen molar-refractivity contribution in [1.29, 1.82) is 0 Å². The van der Waals surface area contributed by atoms with E-state index in [0.717, 1.165) is 50.4 Å². The maximum Gasteiger partial charge on any atom is 0.243 e. The Labute approximate surface area is 214 Å². The van der Waals surface area contributed by atoms with Crippen LogP contribution in [0.2, 0.25) is 0 Å². The maximum atomic E-state index is 13.6. The molecule has 6 heteroatoms. The lowest BCUT2D eigenvalue weighted by atomic mass is 9.74. The number of amides is 2. The molecule has 6 nitrogen and oxygen atoms in total. The fourth-order valence-electron chi connectivity index (χ4n) is 7.12. The number of benzene rings is 2. The summed E-state index contributed by atoms with van der Waals surface area (Å²) < 4.78 is 0. The summed E-state index contributed by atoms with van der Waals surface area (Å²) in [4.78, 5) is 33.4. The van der Waals surface area contributed by atoms with Crippen LogP contribution >= 0.6 is 0 Å². The van der Waals surface area contributed by atoms with Gasteiger partial charge in [-0.15, -0.1) is 0 Å². The van der Waals surface area contributed by atoms with E-state index in [1.165, 1.54) is 31.2 Å². The largest absolute Gasteiger partial charge is 0.350 e. The molecular formula is C30H38N4O2. The molecule has 6 rings (SSSR count). The third-order valence-corrected chi connectivity index (χ3v) is 9.20. The Morgan fingerprint density at radius 2 is 1.72 bits per heavy atom. The highest BCUT2D eigenvalue weighted by atomic mass is 16.2. The predicted molar refractivity (Wildman–Crippen MR) is 142 cm³/mol. The molecule has 0 unspecified atom stereocenters. The zero-order chi connectivity index (χ0) is 24.7. The minimum atomic E-state index is -0.444. The molecule has 0 saturated carbocycles. The highest BCUT2D eigenvalue weighted by molar-refractivity contribution is 6.03. The van der Waals surface area contributed by atoms with E-state index in [9.17, 15) is 9.59 Å². The van der Waals surface area contributed by atoms with Crippen molar-refractivity contribution >= 4 is 17.5 Å². The molecule has 1 N–H and O–H groups in total. The van der Waals surface area contributed by atoms with Gasteiger partial charge in [-0.2, -0.15) is 0 Å². The van der Waals surface area contributed by atoms with Crippen LogP contribution in [-0.4, -0.2) is 73.5 Å². The summed E-state index contributed by atoms with van der Waals surface area (Å²) in [6.45, 7) is 4.72. The van der Waals surface area contributed by atoms with Gasteiger partial charge in [0.2, 0.25) is 11.8 Å². The van der Waals surface area contributed by atoms with Crippen LogP contribution in [0.25, 0.3) is 0 Å². The van der Waals surface area contributed by atoms with Gasteiger partial charge in [-0.3, -0.25) is 14.5 Å². The number of rotatable bonds is 5. The van der Waals surface area contributed by atoms with Crippen LogP contribution in [0.15, 0.2) is 48.5 Å². The van der Waals surface area contributed by atoms with Crippen molar-refractivity contribution in [3.63, 3.8) is 0 Å². The Morgan fingerprint density at radius 3 is 2.50 bits per heavy atom. The van der Waals surface area contributed by atoms with Gasteiger partial charge in [0.15, 0.2) is 0 Å². The molecule has 1 aliphatic carbocycles. The summed E-state index contributed by atoms with van der Waals surface area (Å²) in [7, 11) is 2.08. The summed E-state index contributed by atoms with van der Waals surface area (Å²) in [5, 5.41) is 3.23. The molecule has 3 heterocycles. The molecule has 2 fully saturated rings. The van der Waals surface area contributed by atoms with Gasteiger partial charge in [0, 0.05) is 37.7 Å². The summed E-state index contributed by atoms with van der Waals surface area (Å²) in [6, 6.07) is 16.7. The molecule has 4 aliphatic rings. The number of nitrogens with one attached hydrogen (secondary N) is 1. The molecule has 1 spiro atoms. The standard InChI is InChI=1S/C30H38N4O2/c1-32-16-11-24(21-32)31-29(36)27-20-23-7-3-5-9-26(23)34(27)28(35)12-17-33-18-14-30(15-19-33)13-10-22-6-2-4-8-25(22)30/h2-9,24,27H,10-21H2,1H3,(H,31,36)/t24-,27+/m1/s1. The molecular weight excluding hydrogens is 448 g/mol. The molecule has 2 aromatic carbocycles. The summed E-state index contributed by atoms with van der Waals surface area (Å²) >= 11 is 0. The van der Waals surface area contributed by atoms with Gasteiger partial charge in [-0.1, -0.05) is 42.5 Å². The van der Waals surface area contributed by atoms with E-state index in [4.69, 9.17) is 0 Å². The smallest absolute Gasteiger partial charge is 0.243 e. The number of aryl methyl sites for hydroxylation is 1. The summed E-state index contributed by atoms with van der Waals surface area (Å²) in [6.07, 6.45) is 6.82. The molecule has 2 amide bonds. The molecule has 2 atom stereocenters. The van der Waals surface area contributed by atoms with Gasteiger partial charge in [-0.05, 0) is 87.0 Å². The number of likely N-dealkylation sites (N-methyl/N-ethyl adjacent to an activating group) is 1. The van der Waals surface area contributed by atoms with Gasteiger partial charge in [-0.25, -0.2) is 0 Å². The van der Waals surface area contributed by atoms with E-state index in [2.05, 4.69) is 52.5 Å². The van der Waals surface area contributed by atoms with Crippen LogP contribution in [-0.2, 0) is 27.8 Å². The van der Waals surface area contributed by atoms with Crippen molar-refractivity contribution in [2.45, 2.75) is 62.4 Å². The highest BCUT2D eigenvalue weighted by Crippen LogP contribution is 2.46. The molecule has 0 radical (unpaired) electrons. The van der Waals surface area contributed by atoms with Crippen LogP contribution in [0.1, 0.15) is 48.8 Å². The number of anilines is 1. The minimum Gasteiger partial charge on any atom is -0.350 e. The first-order valence-corrected chi connectivity index (χ1v) is 13.7. The number of likely N-dealkylation sites (tertiary alicyclic amines) is 2. The lowest BCUT2D eigenvalue weighted by Gasteiger charge is -2.40. The first-order valence-electron chi connectivity index (χ1n) is 13.7. The predicted octanol–water partition coefficient (Wildman–Crippen LogP) is 3.13. The van der Waals surface area contributed by atoms with Gasteiger partial charge >= 0.3 is 0 Å². The molecule has 2 saturated heterocycles. The summed E-state index contributed by atoms with van der Waals surface area (Å²) in [5.41, 5.74) is 5.43. The van der Waals surface area contributed by atoms with Crippen molar-refractivity contribution < 1.29 is 9.59 Å². The number of piperidine rings is 1. The third-order valence-electron chi connectivity index (χ3n) is 9.20. The average Bonchev–Trinajstić information content (AvgIpc) is 3.59. The molecule has 36 heavy (non-hydrogen) atoms. The topological polar surface area (TPSA) is 55.9 Å². The number of carbonyl (C=O) groups excluding carboxylic acids is 2. The average molecular weight is 487 g/mol. The molecule has 2 aromatic rings. The van der Waals surface area contributed by atoms with Crippen LogP contribution in [0.5, 0.6) is 0 Å². The number of carbonyl (C=O) groups is 2. The van der Waals surface area contributed by atoms with E-state index < -0.39 is 6.04 Å². The monoisotopic (exact) mass is 486 g/mol. The second-order valence-corrected chi connectivity index (χ2v) is 11.4. The van der Waals surface area contributed by atoms with Crippen molar-refractivity contribution in [3.8, 4) is 0 Å². The number of hydrogen-bond donors (Lipinski definition) is 1. The number of para-hydroxylation sites is 1. The van der Waals surface area contributed by atoms with Crippen LogP contribution in [0.3, 0.4) is 0 Å². The minimum absolute atomic E-state index is 0.0142. The quantitative estimate of drug-likeness (QED) is 0.706. The fourth-order valence-corrected chi connectivity index (χ4v) is 7.12. The number of hydrogen-bond acceptors (Lipinski definition) is 4. The SMILES string of the molecule is CN1CC[C@@H](NC(=O)[C@@H]2Cc3ccccc3N2C(=O)CCN2CCC3(CCc4ccccc43)CC2)C1. The molecule has 3 aliphatic heterocycles. The van der Waals surface area contributed by atoms with Crippen molar-refractivity contribution in [1.82, 2.24) is 15.1 Å². The Bertz CT molecular complexity index is 1140. The van der Waals surface area contributed by atoms with E-state index in [-0.39, 0.29) is 17.9 Å². The normalized spacial score (nSPS) is 25.2. The van der Waals surface area contributed by atoms with Crippen molar-refractivity contribution in [2.24, 2.45) is 0 Å². The second-order valence-electron chi connectivity index (χ2n) is 11.4. The van der Waals surface area contributed by atoms with E-state index in [1.54, 1.807) is 10.5 Å². The molecule has 190 valence electrons. The molecule has 0 aromatic heterocycles. The third kappa shape index (κ3) is 4.35. The second kappa shape index (κ2) is 9.64. The zero-order valence-corrected chi connectivity index (χ0v) is 21.4. The lowest BCUT2D eigenvalue weighted by Crippen LogP contribution is -2.51. The zero-order valence-electron chi connectivity index (χ0n) is 21.4. The van der Waals surface area contributed by atoms with Gasteiger partial charge in [0.05, 0.1) is 0 Å². The Kier molecular flexibility index (Phi) is 6.34. The number of fused-ring (bicyclic) bond motifs is 3. The fraction of sp³-hybridized carbons (Fsp3) is 0.533. The van der Waals surface area contributed by atoms with Gasteiger partial charge < -0.3 is 15.1 Å². The van der Waals surface area contributed by atoms with Gasteiger partial charge in [0.25, 0.3) is 0 Å². The van der Waals surface area contributed by atoms with E-state index in [1.807, 2.05) is 18.2 Å². The molecule has 0 bridgehead atoms. The van der Waals surface area contributed by atoms with Gasteiger partial charge in [0.1, 0.15) is 6.04 Å². The van der Waals surface area contributed by atoms with Crippen LogP contribution in [0.4, 0.5) is 5.69 Å². The first kappa shape index (κ1) is 23.7. The maximum absolute atomic E-state index is 13.6. The Balaban J connectivity index is 1.09. The van der Waals surface area contributed by atoms with E-state index >= 15 is 0 Å². The van der Waals surface area contributed by atoms with Crippen molar-refractivity contribution in [2.75, 3.05) is 44.7 Å². The Hall–Kier alpha value is -2.70. The number of nitrogens with zero attached hydrogens (tertiary/aromatic N) is 3. The van der Waals surface area contributed by atoms with Crippen molar-refractivity contribution in [3.05, 3.63) is 65.2 Å². The van der Waals surface area contributed by atoms with Crippen LogP contribution < -0.4 is 10.2 Å². The lowest BCUT2D eigenvalue weighted by molar-refractivity contribution is -0.126. The Morgan fingerprint density at radius 1 is 0.972 bits per heavy atom. The summed E-state index contributed by atoms with van der Waals surface area (Å²) in [5.74, 6) is 0.0507. The van der Waals surface area contributed by atoms with E-state index in [0.29, 0.717) is 18.3 Å². The van der Waals surface area contributed by atoms with Crippen LogP contribution in [0, 0.1) is 0 Å².